The minimum Gasteiger partial charge on any atom is -0.493 e. The number of nitrogens with one attached hydrogen (secondary N) is 1. The SMILES string of the molecule is Cc1cc(Cl)ccc1OCCCC(=O)OCC(=O)N1CCNC1=O. The van der Waals surface area contributed by atoms with Gasteiger partial charge in [0, 0.05) is 24.5 Å². The van der Waals surface area contributed by atoms with Crippen molar-refractivity contribution in [2.45, 2.75) is 19.8 Å². The van der Waals surface area contributed by atoms with E-state index in [1.165, 1.54) is 0 Å². The zero-order valence-corrected chi connectivity index (χ0v) is 14.1. The van der Waals surface area contributed by atoms with E-state index in [4.69, 9.17) is 21.1 Å². The number of nitrogens with zero attached hydrogens (tertiary/aromatic N) is 1. The zero-order chi connectivity index (χ0) is 17.5. The first kappa shape index (κ1) is 18.1. The molecule has 1 N–H and O–H groups in total. The number of aryl methyl sites for hydroxylation is 1. The Labute approximate surface area is 144 Å². The fourth-order valence-corrected chi connectivity index (χ4v) is 2.40. The summed E-state index contributed by atoms with van der Waals surface area (Å²) in [4.78, 5) is 35.6. The first-order valence-electron chi connectivity index (χ1n) is 7.60. The van der Waals surface area contributed by atoms with E-state index in [1.807, 2.05) is 6.92 Å². The number of carbonyl (C=O) groups excluding carboxylic acids is 3. The number of ether oxygens (including phenoxy) is 2. The summed E-state index contributed by atoms with van der Waals surface area (Å²) in [7, 11) is 0. The van der Waals surface area contributed by atoms with Gasteiger partial charge in [-0.25, -0.2) is 4.79 Å². The molecule has 1 aliphatic rings. The van der Waals surface area contributed by atoms with E-state index in [9.17, 15) is 14.4 Å². The molecule has 0 saturated carbocycles. The van der Waals surface area contributed by atoms with Crippen molar-refractivity contribution in [2.75, 3.05) is 26.3 Å². The summed E-state index contributed by atoms with van der Waals surface area (Å²) in [5.74, 6) is -0.311. The summed E-state index contributed by atoms with van der Waals surface area (Å²) in [6.45, 7) is 2.52. The Kier molecular flexibility index (Phi) is 6.43. The zero-order valence-electron chi connectivity index (χ0n) is 13.3. The molecular weight excluding hydrogens is 336 g/mol. The fourth-order valence-electron chi connectivity index (χ4n) is 2.18. The predicted molar refractivity (Wildman–Crippen MR) is 87.0 cm³/mol. The first-order valence-corrected chi connectivity index (χ1v) is 7.98. The van der Waals surface area contributed by atoms with Gasteiger partial charge < -0.3 is 14.8 Å². The number of esters is 1. The molecule has 130 valence electrons. The van der Waals surface area contributed by atoms with Crippen molar-refractivity contribution in [1.29, 1.82) is 0 Å². The molecule has 8 heteroatoms. The molecule has 0 aromatic heterocycles. The Bertz CT molecular complexity index is 635. The third-order valence-electron chi connectivity index (χ3n) is 3.43. The van der Waals surface area contributed by atoms with Crippen LogP contribution in [0, 0.1) is 6.92 Å². The summed E-state index contributed by atoms with van der Waals surface area (Å²) >= 11 is 5.86. The number of amides is 3. The van der Waals surface area contributed by atoms with Crippen molar-refractivity contribution in [3.8, 4) is 5.75 Å². The molecule has 24 heavy (non-hydrogen) atoms. The van der Waals surface area contributed by atoms with Gasteiger partial charge in [0.05, 0.1) is 6.61 Å². The van der Waals surface area contributed by atoms with Crippen LogP contribution in [0.4, 0.5) is 4.79 Å². The number of imide groups is 1. The lowest BCUT2D eigenvalue weighted by atomic mass is 10.2. The van der Waals surface area contributed by atoms with Gasteiger partial charge >= 0.3 is 12.0 Å². The van der Waals surface area contributed by atoms with Gasteiger partial charge in [-0.3, -0.25) is 14.5 Å². The van der Waals surface area contributed by atoms with E-state index < -0.39 is 24.5 Å². The Balaban J connectivity index is 1.63. The second-order valence-corrected chi connectivity index (χ2v) is 5.74. The normalized spacial score (nSPS) is 13.6. The van der Waals surface area contributed by atoms with Crippen LogP contribution >= 0.6 is 11.6 Å². The fraction of sp³-hybridized carbons (Fsp3) is 0.438. The molecule has 0 bridgehead atoms. The van der Waals surface area contributed by atoms with Crippen LogP contribution in [0.3, 0.4) is 0 Å². The minimum atomic E-state index is -0.522. The molecule has 1 heterocycles. The average molecular weight is 355 g/mol. The maximum atomic E-state index is 11.7. The summed E-state index contributed by atoms with van der Waals surface area (Å²) in [5, 5.41) is 3.14. The van der Waals surface area contributed by atoms with E-state index in [2.05, 4.69) is 5.32 Å². The molecular formula is C16H19ClN2O5. The minimum absolute atomic E-state index is 0.131. The number of urea groups is 1. The number of hydrogen-bond acceptors (Lipinski definition) is 5. The van der Waals surface area contributed by atoms with Gasteiger partial charge in [0.15, 0.2) is 6.61 Å². The standard InChI is InChI=1S/C16H19ClN2O5/c1-11-9-12(17)4-5-13(11)23-8-2-3-15(21)24-10-14(20)19-7-6-18-16(19)22/h4-5,9H,2-3,6-8,10H2,1H3,(H,18,22). The van der Waals surface area contributed by atoms with Crippen LogP contribution in [0.1, 0.15) is 18.4 Å². The maximum absolute atomic E-state index is 11.7. The van der Waals surface area contributed by atoms with E-state index in [0.717, 1.165) is 10.5 Å². The molecule has 0 unspecified atom stereocenters. The van der Waals surface area contributed by atoms with Crippen LogP contribution in [0.2, 0.25) is 5.02 Å². The predicted octanol–water partition coefficient (Wildman–Crippen LogP) is 1.90. The smallest absolute Gasteiger partial charge is 0.324 e. The van der Waals surface area contributed by atoms with E-state index in [1.54, 1.807) is 18.2 Å². The Morgan fingerprint density at radius 2 is 2.17 bits per heavy atom. The Hall–Kier alpha value is -2.28. The molecule has 1 fully saturated rings. The third-order valence-corrected chi connectivity index (χ3v) is 3.67. The van der Waals surface area contributed by atoms with Gasteiger partial charge in [-0.2, -0.15) is 0 Å². The number of hydrogen-bond donors (Lipinski definition) is 1. The van der Waals surface area contributed by atoms with E-state index >= 15 is 0 Å². The lowest BCUT2D eigenvalue weighted by molar-refractivity contribution is -0.150. The number of rotatable bonds is 7. The largest absolute Gasteiger partial charge is 0.493 e. The van der Waals surface area contributed by atoms with Crippen LogP contribution in [0.5, 0.6) is 5.75 Å². The Morgan fingerprint density at radius 3 is 2.83 bits per heavy atom. The number of halogens is 1. The van der Waals surface area contributed by atoms with Crippen molar-refractivity contribution >= 4 is 29.5 Å². The Morgan fingerprint density at radius 1 is 1.38 bits per heavy atom. The highest BCUT2D eigenvalue weighted by Crippen LogP contribution is 2.21. The van der Waals surface area contributed by atoms with Gasteiger partial charge in [-0.1, -0.05) is 11.6 Å². The average Bonchev–Trinajstić information content (AvgIpc) is 2.97. The highest BCUT2D eigenvalue weighted by molar-refractivity contribution is 6.30. The molecule has 3 amide bonds. The van der Waals surface area contributed by atoms with Gasteiger partial charge in [0.25, 0.3) is 5.91 Å². The van der Waals surface area contributed by atoms with Crippen LogP contribution in [-0.2, 0) is 14.3 Å². The van der Waals surface area contributed by atoms with E-state index in [-0.39, 0.29) is 6.42 Å². The third kappa shape index (κ3) is 5.13. The van der Waals surface area contributed by atoms with Crippen molar-refractivity contribution < 1.29 is 23.9 Å². The van der Waals surface area contributed by atoms with E-state index in [0.29, 0.717) is 36.9 Å². The van der Waals surface area contributed by atoms with Gasteiger partial charge in [0.2, 0.25) is 0 Å². The van der Waals surface area contributed by atoms with Crippen molar-refractivity contribution in [3.63, 3.8) is 0 Å². The first-order chi connectivity index (χ1) is 11.5. The number of carbonyl (C=O) groups is 3. The summed E-state index contributed by atoms with van der Waals surface area (Å²) in [6, 6.07) is 4.85. The molecule has 0 aliphatic carbocycles. The lowest BCUT2D eigenvalue weighted by Gasteiger charge is -2.12. The van der Waals surface area contributed by atoms with Gasteiger partial charge in [-0.15, -0.1) is 0 Å². The summed E-state index contributed by atoms with van der Waals surface area (Å²) < 4.78 is 10.4. The van der Waals surface area contributed by atoms with Gasteiger partial charge in [-0.05, 0) is 37.1 Å². The second kappa shape index (κ2) is 8.54. The topological polar surface area (TPSA) is 84.9 Å². The second-order valence-electron chi connectivity index (χ2n) is 5.30. The monoisotopic (exact) mass is 354 g/mol. The number of benzene rings is 1. The summed E-state index contributed by atoms with van der Waals surface area (Å²) in [6.07, 6.45) is 0.589. The quantitative estimate of drug-likeness (QED) is 0.597. The van der Waals surface area contributed by atoms with Crippen LogP contribution in [-0.4, -0.2) is 49.1 Å². The molecule has 1 aromatic carbocycles. The summed E-state index contributed by atoms with van der Waals surface area (Å²) in [5.41, 5.74) is 0.916. The van der Waals surface area contributed by atoms with Crippen molar-refractivity contribution in [2.24, 2.45) is 0 Å². The van der Waals surface area contributed by atoms with Crippen molar-refractivity contribution in [1.82, 2.24) is 10.2 Å². The highest BCUT2D eigenvalue weighted by Gasteiger charge is 2.26. The molecule has 0 radical (unpaired) electrons. The molecule has 0 spiro atoms. The lowest BCUT2D eigenvalue weighted by Crippen LogP contribution is -2.37. The van der Waals surface area contributed by atoms with Crippen LogP contribution < -0.4 is 10.1 Å². The molecule has 0 atom stereocenters. The molecule has 1 aromatic rings. The molecule has 1 saturated heterocycles. The van der Waals surface area contributed by atoms with Crippen molar-refractivity contribution in [3.05, 3.63) is 28.8 Å². The molecule has 1 aliphatic heterocycles. The van der Waals surface area contributed by atoms with Crippen LogP contribution in [0.25, 0.3) is 0 Å². The van der Waals surface area contributed by atoms with Crippen LogP contribution in [0.15, 0.2) is 18.2 Å². The van der Waals surface area contributed by atoms with Gasteiger partial charge in [0.1, 0.15) is 5.75 Å². The molecule has 7 nitrogen and oxygen atoms in total. The maximum Gasteiger partial charge on any atom is 0.324 e. The molecule has 2 rings (SSSR count). The highest BCUT2D eigenvalue weighted by atomic mass is 35.5.